The molecule has 1 aromatic rings. The van der Waals surface area contributed by atoms with Gasteiger partial charge < -0.3 is 5.32 Å². The molecule has 1 aromatic heterocycles. The summed E-state index contributed by atoms with van der Waals surface area (Å²) < 4.78 is 0. The lowest BCUT2D eigenvalue weighted by Crippen LogP contribution is -2.41. The first kappa shape index (κ1) is 15.0. The Kier molecular flexibility index (Phi) is 4.11. The van der Waals surface area contributed by atoms with Gasteiger partial charge in [-0.2, -0.15) is 0 Å². The molecule has 0 aromatic carbocycles. The molecular weight excluding hydrogens is 300 g/mol. The molecule has 3 rings (SSSR count). The quantitative estimate of drug-likeness (QED) is 0.681. The van der Waals surface area contributed by atoms with Crippen LogP contribution >= 0.6 is 11.3 Å². The highest BCUT2D eigenvalue weighted by Crippen LogP contribution is 2.34. The topological polar surface area (TPSA) is 66.5 Å². The molecule has 0 spiro atoms. The number of carbonyl (C=O) groups excluding carboxylic acids is 3. The molecule has 1 aliphatic carbocycles. The molecule has 3 atom stereocenters. The van der Waals surface area contributed by atoms with Gasteiger partial charge in [-0.15, -0.1) is 11.3 Å². The van der Waals surface area contributed by atoms with Crippen molar-refractivity contribution < 1.29 is 14.4 Å². The number of hydrogen-bond acceptors (Lipinski definition) is 4. The van der Waals surface area contributed by atoms with E-state index in [0.29, 0.717) is 12.8 Å². The highest BCUT2D eigenvalue weighted by molar-refractivity contribution is 7.10. The molecule has 1 aliphatic heterocycles. The zero-order chi connectivity index (χ0) is 15.7. The summed E-state index contributed by atoms with van der Waals surface area (Å²) >= 11 is 1.56. The number of allylic oxidation sites excluding steroid dienone is 2. The largest absolute Gasteiger partial charge is 0.347 e. The van der Waals surface area contributed by atoms with Crippen molar-refractivity contribution >= 4 is 29.1 Å². The Labute approximate surface area is 133 Å². The third-order valence-electron chi connectivity index (χ3n) is 4.25. The second-order valence-corrected chi connectivity index (χ2v) is 6.70. The summed E-state index contributed by atoms with van der Waals surface area (Å²) in [6, 6.07) is 3.75. The van der Waals surface area contributed by atoms with E-state index in [1.807, 2.05) is 36.6 Å². The van der Waals surface area contributed by atoms with E-state index in [1.54, 1.807) is 11.3 Å². The number of fused-ring (bicyclic) bond motifs is 1. The van der Waals surface area contributed by atoms with Gasteiger partial charge >= 0.3 is 0 Å². The van der Waals surface area contributed by atoms with Gasteiger partial charge in [0.15, 0.2) is 0 Å². The van der Waals surface area contributed by atoms with Gasteiger partial charge in [-0.05, 0) is 31.2 Å². The van der Waals surface area contributed by atoms with Crippen LogP contribution in [0.4, 0.5) is 0 Å². The molecule has 5 nitrogen and oxygen atoms in total. The zero-order valence-electron chi connectivity index (χ0n) is 12.3. The lowest BCUT2D eigenvalue weighted by molar-refractivity contribution is -0.143. The Balaban J connectivity index is 1.62. The van der Waals surface area contributed by atoms with Gasteiger partial charge in [0, 0.05) is 4.88 Å². The van der Waals surface area contributed by atoms with Gasteiger partial charge in [-0.25, -0.2) is 0 Å². The van der Waals surface area contributed by atoms with Crippen molar-refractivity contribution in [3.8, 4) is 0 Å². The van der Waals surface area contributed by atoms with Crippen LogP contribution in [0.15, 0.2) is 29.7 Å². The standard InChI is InChI=1S/C16H18N2O3S/c1-10(13-7-4-8-22-13)17-14(19)9-18-15(20)11-5-2-3-6-12(11)16(18)21/h2-4,7-8,10-12H,5-6,9H2,1H3,(H,17,19). The number of nitrogens with zero attached hydrogens (tertiary/aromatic N) is 1. The van der Waals surface area contributed by atoms with E-state index in [0.717, 1.165) is 9.78 Å². The summed E-state index contributed by atoms with van der Waals surface area (Å²) in [4.78, 5) is 38.9. The fraction of sp³-hybridized carbons (Fsp3) is 0.438. The highest BCUT2D eigenvalue weighted by Gasteiger charge is 2.47. The van der Waals surface area contributed by atoms with Crippen LogP contribution in [-0.2, 0) is 14.4 Å². The van der Waals surface area contributed by atoms with Crippen molar-refractivity contribution in [3.63, 3.8) is 0 Å². The minimum Gasteiger partial charge on any atom is -0.347 e. The van der Waals surface area contributed by atoms with Crippen LogP contribution in [-0.4, -0.2) is 29.2 Å². The number of amides is 3. The van der Waals surface area contributed by atoms with Gasteiger partial charge in [-0.3, -0.25) is 19.3 Å². The number of rotatable bonds is 4. The van der Waals surface area contributed by atoms with E-state index < -0.39 is 0 Å². The fourth-order valence-electron chi connectivity index (χ4n) is 3.06. The van der Waals surface area contributed by atoms with E-state index in [-0.39, 0.29) is 42.1 Å². The van der Waals surface area contributed by atoms with E-state index in [1.165, 1.54) is 0 Å². The number of likely N-dealkylation sites (tertiary alicyclic amines) is 1. The van der Waals surface area contributed by atoms with Gasteiger partial charge in [0.25, 0.3) is 0 Å². The molecule has 1 N–H and O–H groups in total. The average molecular weight is 318 g/mol. The molecule has 116 valence electrons. The van der Waals surface area contributed by atoms with Gasteiger partial charge in [-0.1, -0.05) is 18.2 Å². The second-order valence-electron chi connectivity index (χ2n) is 5.72. The normalized spacial score (nSPS) is 25.2. The molecule has 1 fully saturated rings. The van der Waals surface area contributed by atoms with Crippen molar-refractivity contribution in [3.05, 3.63) is 34.5 Å². The van der Waals surface area contributed by atoms with Crippen LogP contribution in [0.1, 0.15) is 30.7 Å². The predicted octanol–water partition coefficient (Wildman–Crippen LogP) is 1.88. The Morgan fingerprint density at radius 3 is 2.50 bits per heavy atom. The van der Waals surface area contributed by atoms with E-state index in [9.17, 15) is 14.4 Å². The average Bonchev–Trinajstić information content (AvgIpc) is 3.12. The monoisotopic (exact) mass is 318 g/mol. The van der Waals surface area contributed by atoms with Crippen LogP contribution < -0.4 is 5.32 Å². The van der Waals surface area contributed by atoms with E-state index in [4.69, 9.17) is 0 Å². The van der Waals surface area contributed by atoms with Gasteiger partial charge in [0.05, 0.1) is 17.9 Å². The summed E-state index contributed by atoms with van der Waals surface area (Å²) in [6.45, 7) is 1.71. The Morgan fingerprint density at radius 2 is 1.95 bits per heavy atom. The van der Waals surface area contributed by atoms with Crippen LogP contribution in [0, 0.1) is 11.8 Å². The minimum absolute atomic E-state index is 0.121. The predicted molar refractivity (Wildman–Crippen MR) is 83.0 cm³/mol. The van der Waals surface area contributed by atoms with Crippen molar-refractivity contribution in [1.29, 1.82) is 0 Å². The Hall–Kier alpha value is -1.95. The maximum Gasteiger partial charge on any atom is 0.240 e. The molecule has 2 heterocycles. The summed E-state index contributed by atoms with van der Waals surface area (Å²) in [7, 11) is 0. The molecule has 2 aliphatic rings. The van der Waals surface area contributed by atoms with Crippen molar-refractivity contribution in [2.45, 2.75) is 25.8 Å². The number of thiophene rings is 1. The summed E-state index contributed by atoms with van der Waals surface area (Å²) in [6.07, 6.45) is 5.07. The first-order chi connectivity index (χ1) is 10.6. The van der Waals surface area contributed by atoms with Gasteiger partial charge in [0.2, 0.25) is 17.7 Å². The summed E-state index contributed by atoms with van der Waals surface area (Å²) in [5.41, 5.74) is 0. The zero-order valence-corrected chi connectivity index (χ0v) is 13.1. The first-order valence-electron chi connectivity index (χ1n) is 7.41. The number of nitrogens with one attached hydrogen (secondary N) is 1. The molecule has 6 heteroatoms. The maximum atomic E-state index is 12.3. The Bertz CT molecular complexity index is 597. The van der Waals surface area contributed by atoms with Crippen molar-refractivity contribution in [2.75, 3.05) is 6.54 Å². The third kappa shape index (κ3) is 2.70. The summed E-state index contributed by atoms with van der Waals surface area (Å²) in [5.74, 6) is -1.27. The lowest BCUT2D eigenvalue weighted by atomic mass is 9.85. The van der Waals surface area contributed by atoms with Crippen LogP contribution in [0.5, 0.6) is 0 Å². The van der Waals surface area contributed by atoms with Crippen molar-refractivity contribution in [1.82, 2.24) is 10.2 Å². The summed E-state index contributed by atoms with van der Waals surface area (Å²) in [5, 5.41) is 4.79. The molecule has 22 heavy (non-hydrogen) atoms. The molecule has 0 radical (unpaired) electrons. The van der Waals surface area contributed by atoms with Crippen molar-refractivity contribution in [2.24, 2.45) is 11.8 Å². The smallest absolute Gasteiger partial charge is 0.240 e. The van der Waals surface area contributed by atoms with Gasteiger partial charge in [0.1, 0.15) is 6.54 Å². The number of hydrogen-bond donors (Lipinski definition) is 1. The molecule has 3 unspecified atom stereocenters. The third-order valence-corrected chi connectivity index (χ3v) is 5.30. The van der Waals surface area contributed by atoms with Crippen LogP contribution in [0.3, 0.4) is 0 Å². The SMILES string of the molecule is CC(NC(=O)CN1C(=O)C2CC=CCC2C1=O)c1cccs1. The second kappa shape index (κ2) is 6.04. The van der Waals surface area contributed by atoms with Crippen LogP contribution in [0.25, 0.3) is 0 Å². The number of imide groups is 1. The maximum absolute atomic E-state index is 12.3. The van der Waals surface area contributed by atoms with E-state index >= 15 is 0 Å². The fourth-order valence-corrected chi connectivity index (χ4v) is 3.80. The minimum atomic E-state index is -0.297. The molecule has 0 saturated carbocycles. The molecule has 0 bridgehead atoms. The highest BCUT2D eigenvalue weighted by atomic mass is 32.1. The Morgan fingerprint density at radius 1 is 1.32 bits per heavy atom. The van der Waals surface area contributed by atoms with Crippen LogP contribution in [0.2, 0.25) is 0 Å². The molecule has 3 amide bonds. The first-order valence-corrected chi connectivity index (χ1v) is 8.29. The lowest BCUT2D eigenvalue weighted by Gasteiger charge is -2.17. The molecular formula is C16H18N2O3S. The number of carbonyl (C=O) groups is 3. The molecule has 1 saturated heterocycles. The van der Waals surface area contributed by atoms with E-state index in [2.05, 4.69) is 5.32 Å².